The average molecular weight is 462 g/mol. The van der Waals surface area contributed by atoms with Crippen LogP contribution in [0.25, 0.3) is 11.1 Å². The van der Waals surface area contributed by atoms with E-state index in [0.717, 1.165) is 11.1 Å². The molecule has 4 nitrogen and oxygen atoms in total. The number of nitrogens with zero attached hydrogens (tertiary/aromatic N) is 1. The standard InChI is InChI=1S/C28H28NO3.ClH/c1-28(27(31)24-12-6-3-7-13-24)17-9-8-14-26(28)32-21-25(30)20-29-18-15-23(16-19-29)22-10-4-2-5-11-22;/h2-19,25-26,30H,20-21H2,1H3;1H/q+1;/p-1. The fourth-order valence-electron chi connectivity index (χ4n) is 3.96. The Morgan fingerprint density at radius 2 is 1.58 bits per heavy atom. The maximum absolute atomic E-state index is 13.2. The molecular weight excluding hydrogens is 434 g/mol. The predicted molar refractivity (Wildman–Crippen MR) is 125 cm³/mol. The third-order valence-electron chi connectivity index (χ3n) is 5.84. The molecule has 5 heteroatoms. The summed E-state index contributed by atoms with van der Waals surface area (Å²) >= 11 is 0. The number of allylic oxidation sites excluding steroid dienone is 2. The number of benzene rings is 2. The third-order valence-corrected chi connectivity index (χ3v) is 5.84. The second kappa shape index (κ2) is 11.2. The number of pyridine rings is 1. The lowest BCUT2D eigenvalue weighted by molar-refractivity contribution is -0.703. The van der Waals surface area contributed by atoms with Crippen LogP contribution in [0, 0.1) is 5.41 Å². The molecule has 0 amide bonds. The van der Waals surface area contributed by atoms with Crippen molar-refractivity contribution >= 4 is 5.78 Å². The summed E-state index contributed by atoms with van der Waals surface area (Å²) in [6.07, 6.45) is 10.3. The Morgan fingerprint density at radius 3 is 2.24 bits per heavy atom. The van der Waals surface area contributed by atoms with Gasteiger partial charge in [0, 0.05) is 17.7 Å². The summed E-state index contributed by atoms with van der Waals surface area (Å²) in [6, 6.07) is 23.5. The molecule has 2 aromatic carbocycles. The molecule has 0 saturated carbocycles. The summed E-state index contributed by atoms with van der Waals surface area (Å²) in [4.78, 5) is 13.2. The molecule has 1 N–H and O–H groups in total. The molecule has 0 saturated heterocycles. The van der Waals surface area contributed by atoms with E-state index in [0.29, 0.717) is 12.1 Å². The lowest BCUT2D eigenvalue weighted by Crippen LogP contribution is -3.00. The molecule has 0 aliphatic heterocycles. The summed E-state index contributed by atoms with van der Waals surface area (Å²) in [5, 5.41) is 10.6. The molecule has 170 valence electrons. The van der Waals surface area contributed by atoms with Crippen LogP contribution in [0.1, 0.15) is 17.3 Å². The van der Waals surface area contributed by atoms with E-state index in [1.54, 1.807) is 0 Å². The number of hydrogen-bond donors (Lipinski definition) is 1. The molecule has 0 spiro atoms. The van der Waals surface area contributed by atoms with E-state index in [9.17, 15) is 9.90 Å². The number of rotatable bonds is 8. The zero-order valence-corrected chi connectivity index (χ0v) is 19.3. The second-order valence-corrected chi connectivity index (χ2v) is 8.28. The van der Waals surface area contributed by atoms with Gasteiger partial charge in [-0.1, -0.05) is 85.0 Å². The van der Waals surface area contributed by atoms with Crippen LogP contribution in [0.3, 0.4) is 0 Å². The minimum Gasteiger partial charge on any atom is -1.00 e. The van der Waals surface area contributed by atoms with E-state index in [-0.39, 0.29) is 24.8 Å². The molecule has 3 atom stereocenters. The van der Waals surface area contributed by atoms with Gasteiger partial charge in [-0.15, -0.1) is 0 Å². The van der Waals surface area contributed by atoms with Crippen molar-refractivity contribution in [2.24, 2.45) is 5.41 Å². The summed E-state index contributed by atoms with van der Waals surface area (Å²) < 4.78 is 7.98. The minimum atomic E-state index is -0.819. The number of aromatic nitrogens is 1. The molecule has 1 aromatic heterocycles. The molecule has 0 bridgehead atoms. The van der Waals surface area contributed by atoms with Crippen molar-refractivity contribution in [1.29, 1.82) is 0 Å². The highest BCUT2D eigenvalue weighted by molar-refractivity contribution is 6.02. The topological polar surface area (TPSA) is 50.4 Å². The first-order chi connectivity index (χ1) is 15.6. The van der Waals surface area contributed by atoms with Crippen LogP contribution in [0.2, 0.25) is 0 Å². The Hall–Kier alpha value is -3.05. The molecular formula is C28H28ClNO3. The lowest BCUT2D eigenvalue weighted by atomic mass is 9.75. The van der Waals surface area contributed by atoms with Gasteiger partial charge >= 0.3 is 0 Å². The number of carbonyl (C=O) groups excluding carboxylic acids is 1. The first-order valence-electron chi connectivity index (χ1n) is 10.9. The molecule has 33 heavy (non-hydrogen) atoms. The number of ether oxygens (including phenoxy) is 1. The first kappa shape index (κ1) is 24.6. The maximum Gasteiger partial charge on any atom is 0.176 e. The summed E-state index contributed by atoms with van der Waals surface area (Å²) in [5.41, 5.74) is 2.11. The highest BCUT2D eigenvalue weighted by atomic mass is 35.5. The van der Waals surface area contributed by atoms with Crippen LogP contribution in [0.15, 0.2) is 109 Å². The minimum absolute atomic E-state index is 0. The zero-order chi connectivity index (χ0) is 22.4. The van der Waals surface area contributed by atoms with Crippen molar-refractivity contribution in [2.75, 3.05) is 6.61 Å². The molecule has 1 aliphatic carbocycles. The van der Waals surface area contributed by atoms with Gasteiger partial charge in [0.25, 0.3) is 0 Å². The highest BCUT2D eigenvalue weighted by Gasteiger charge is 2.40. The van der Waals surface area contributed by atoms with Gasteiger partial charge in [-0.25, -0.2) is 4.57 Å². The van der Waals surface area contributed by atoms with Gasteiger partial charge in [-0.2, -0.15) is 0 Å². The van der Waals surface area contributed by atoms with Gasteiger partial charge in [0.2, 0.25) is 0 Å². The van der Waals surface area contributed by atoms with Crippen molar-refractivity contribution in [2.45, 2.75) is 25.7 Å². The molecule has 0 radical (unpaired) electrons. The molecule has 4 rings (SSSR count). The Balaban J connectivity index is 0.00000306. The fourth-order valence-corrected chi connectivity index (χ4v) is 3.96. The summed E-state index contributed by atoms with van der Waals surface area (Å²) in [5.74, 6) is 0.00376. The Kier molecular flexibility index (Phi) is 8.34. The van der Waals surface area contributed by atoms with Crippen molar-refractivity contribution in [3.8, 4) is 11.1 Å². The molecule has 1 aliphatic rings. The van der Waals surface area contributed by atoms with Crippen LogP contribution in [0.5, 0.6) is 0 Å². The molecule has 3 unspecified atom stereocenters. The van der Waals surface area contributed by atoms with Gasteiger partial charge in [0.1, 0.15) is 6.10 Å². The van der Waals surface area contributed by atoms with Gasteiger partial charge in [0.15, 0.2) is 24.7 Å². The highest BCUT2D eigenvalue weighted by Crippen LogP contribution is 2.34. The van der Waals surface area contributed by atoms with Crippen molar-refractivity contribution in [3.05, 3.63) is 115 Å². The molecule has 0 fully saturated rings. The Bertz CT molecular complexity index is 1100. The van der Waals surface area contributed by atoms with Crippen LogP contribution >= 0.6 is 0 Å². The lowest BCUT2D eigenvalue weighted by Gasteiger charge is -2.34. The Labute approximate surface area is 201 Å². The number of aliphatic hydroxyl groups excluding tert-OH is 1. The van der Waals surface area contributed by atoms with E-state index in [4.69, 9.17) is 4.74 Å². The van der Waals surface area contributed by atoms with E-state index >= 15 is 0 Å². The van der Waals surface area contributed by atoms with Crippen LogP contribution in [-0.2, 0) is 11.3 Å². The van der Waals surface area contributed by atoms with E-state index in [1.165, 1.54) is 0 Å². The largest absolute Gasteiger partial charge is 1.00 e. The molecule has 1 heterocycles. The van der Waals surface area contributed by atoms with Crippen molar-refractivity contribution in [1.82, 2.24) is 0 Å². The number of hydrogen-bond acceptors (Lipinski definition) is 3. The van der Waals surface area contributed by atoms with E-state index < -0.39 is 17.6 Å². The zero-order valence-electron chi connectivity index (χ0n) is 18.6. The van der Waals surface area contributed by atoms with Crippen molar-refractivity contribution < 1.29 is 31.6 Å². The van der Waals surface area contributed by atoms with Crippen LogP contribution < -0.4 is 17.0 Å². The predicted octanol–water partition coefficient (Wildman–Crippen LogP) is 1.41. The number of aliphatic hydroxyl groups is 1. The van der Waals surface area contributed by atoms with Gasteiger partial charge in [-0.05, 0) is 18.1 Å². The number of halogens is 1. The van der Waals surface area contributed by atoms with E-state index in [1.807, 2.05) is 109 Å². The van der Waals surface area contributed by atoms with Crippen molar-refractivity contribution in [3.63, 3.8) is 0 Å². The SMILES string of the molecule is CC1(C(=O)c2ccccc2)C=CC=CC1OCC(O)C[n+]1ccc(-c2ccccc2)cc1.[Cl-]. The number of ketones is 1. The van der Waals surface area contributed by atoms with Gasteiger partial charge < -0.3 is 22.3 Å². The maximum atomic E-state index is 13.2. The smallest absolute Gasteiger partial charge is 0.176 e. The van der Waals surface area contributed by atoms with Gasteiger partial charge in [0.05, 0.1) is 18.1 Å². The Morgan fingerprint density at radius 1 is 0.970 bits per heavy atom. The monoisotopic (exact) mass is 461 g/mol. The van der Waals surface area contributed by atoms with Crippen LogP contribution in [-0.4, -0.2) is 29.7 Å². The van der Waals surface area contributed by atoms with Crippen LogP contribution in [0.4, 0.5) is 0 Å². The van der Waals surface area contributed by atoms with E-state index in [2.05, 4.69) is 12.1 Å². The first-order valence-corrected chi connectivity index (χ1v) is 10.9. The number of carbonyl (C=O) groups is 1. The third kappa shape index (κ3) is 5.85. The van der Waals surface area contributed by atoms with Gasteiger partial charge in [-0.3, -0.25) is 4.79 Å². The number of Topliss-reactive ketones (excluding diaryl/α,β-unsaturated/α-hetero) is 1. The second-order valence-electron chi connectivity index (χ2n) is 8.28. The average Bonchev–Trinajstić information content (AvgIpc) is 2.84. The summed E-state index contributed by atoms with van der Waals surface area (Å²) in [7, 11) is 0. The quantitative estimate of drug-likeness (QED) is 0.407. The summed E-state index contributed by atoms with van der Waals surface area (Å²) in [6.45, 7) is 2.43. The fraction of sp³-hybridized carbons (Fsp3) is 0.214. The molecule has 3 aromatic rings. The normalized spacial score (nSPS) is 20.1.